The first-order valence-electron chi connectivity index (χ1n) is 11.6. The Bertz CT molecular complexity index is 661. The molecule has 6 nitrogen and oxygen atoms in total. The van der Waals surface area contributed by atoms with E-state index in [1.54, 1.807) is 7.11 Å². The van der Waals surface area contributed by atoms with Crippen LogP contribution in [0.1, 0.15) is 38.2 Å². The number of ether oxygens (including phenoxy) is 2. The summed E-state index contributed by atoms with van der Waals surface area (Å²) < 4.78 is 10.6. The summed E-state index contributed by atoms with van der Waals surface area (Å²) in [5.74, 6) is 1.73. The molecule has 1 aromatic carbocycles. The largest absolute Gasteiger partial charge is 0.496 e. The molecule has 0 unspecified atom stereocenters. The average Bonchev–Trinajstić information content (AvgIpc) is 2.78. The first-order valence-corrected chi connectivity index (χ1v) is 11.6. The number of para-hydroxylation sites is 1. The van der Waals surface area contributed by atoms with E-state index in [2.05, 4.69) is 35.0 Å². The summed E-state index contributed by atoms with van der Waals surface area (Å²) in [6, 6.07) is 8.93. The molecule has 0 N–H and O–H groups in total. The maximum atomic E-state index is 11.9. The van der Waals surface area contributed by atoms with Gasteiger partial charge in [-0.1, -0.05) is 18.2 Å². The molecule has 1 aromatic rings. The van der Waals surface area contributed by atoms with Gasteiger partial charge in [-0.3, -0.25) is 0 Å². The standard InChI is InChI=1S/C24H39N3O3/c1-4-30-24(28)27-16-12-22(13-17-27)25(2)18-20-8-7-14-26(19-20)15-11-21-9-5-6-10-23(21)29-3/h5-6,9-10,20,22H,4,7-8,11-19H2,1-3H3/t20-/m0/s1. The van der Waals surface area contributed by atoms with Gasteiger partial charge in [0.2, 0.25) is 0 Å². The molecule has 1 amide bonds. The van der Waals surface area contributed by atoms with Crippen LogP contribution in [0.2, 0.25) is 0 Å². The van der Waals surface area contributed by atoms with Gasteiger partial charge in [0.1, 0.15) is 5.75 Å². The van der Waals surface area contributed by atoms with Crippen molar-refractivity contribution >= 4 is 6.09 Å². The predicted molar refractivity (Wildman–Crippen MR) is 120 cm³/mol. The van der Waals surface area contributed by atoms with Crippen molar-refractivity contribution < 1.29 is 14.3 Å². The number of hydrogen-bond acceptors (Lipinski definition) is 5. The monoisotopic (exact) mass is 417 g/mol. The zero-order valence-corrected chi connectivity index (χ0v) is 19.0. The fraction of sp³-hybridized carbons (Fsp3) is 0.708. The summed E-state index contributed by atoms with van der Waals surface area (Å²) in [5.41, 5.74) is 1.30. The Hall–Kier alpha value is -1.79. The number of piperidine rings is 2. The van der Waals surface area contributed by atoms with E-state index in [1.165, 1.54) is 31.5 Å². The number of nitrogens with zero attached hydrogens (tertiary/aromatic N) is 3. The number of rotatable bonds is 8. The van der Waals surface area contributed by atoms with Gasteiger partial charge in [-0.25, -0.2) is 4.79 Å². The molecule has 2 aliphatic heterocycles. The highest BCUT2D eigenvalue weighted by Gasteiger charge is 2.28. The van der Waals surface area contributed by atoms with Crippen LogP contribution >= 0.6 is 0 Å². The number of methoxy groups -OCH3 is 1. The number of carbonyl (C=O) groups is 1. The molecule has 30 heavy (non-hydrogen) atoms. The molecule has 168 valence electrons. The van der Waals surface area contributed by atoms with Gasteiger partial charge in [0.05, 0.1) is 13.7 Å². The Labute approximate surface area is 182 Å². The number of carbonyl (C=O) groups excluding carboxylic acids is 1. The Morgan fingerprint density at radius 3 is 2.67 bits per heavy atom. The molecule has 2 saturated heterocycles. The number of amides is 1. The van der Waals surface area contributed by atoms with Crippen LogP contribution in [0.4, 0.5) is 4.79 Å². The molecule has 0 spiro atoms. The van der Waals surface area contributed by atoms with Crippen LogP contribution in [-0.2, 0) is 11.2 Å². The lowest BCUT2D eigenvalue weighted by molar-refractivity contribution is 0.0702. The van der Waals surface area contributed by atoms with Gasteiger partial charge in [-0.05, 0) is 70.2 Å². The highest BCUT2D eigenvalue weighted by atomic mass is 16.6. The fourth-order valence-electron chi connectivity index (χ4n) is 4.95. The van der Waals surface area contributed by atoms with Crippen LogP contribution in [-0.4, -0.2) is 86.9 Å². The molecule has 0 aromatic heterocycles. The van der Waals surface area contributed by atoms with Crippen molar-refractivity contribution in [1.29, 1.82) is 0 Å². The summed E-state index contributed by atoms with van der Waals surface area (Å²) in [5, 5.41) is 0. The van der Waals surface area contributed by atoms with Crippen molar-refractivity contribution in [1.82, 2.24) is 14.7 Å². The van der Waals surface area contributed by atoms with Crippen molar-refractivity contribution in [3.8, 4) is 5.75 Å². The van der Waals surface area contributed by atoms with Crippen LogP contribution in [0.15, 0.2) is 24.3 Å². The lowest BCUT2D eigenvalue weighted by atomic mass is 9.95. The highest BCUT2D eigenvalue weighted by molar-refractivity contribution is 5.67. The van der Waals surface area contributed by atoms with Crippen molar-refractivity contribution in [2.24, 2.45) is 5.92 Å². The first-order chi connectivity index (χ1) is 14.6. The van der Waals surface area contributed by atoms with E-state index >= 15 is 0 Å². The van der Waals surface area contributed by atoms with Crippen LogP contribution in [0, 0.1) is 5.92 Å². The molecule has 2 heterocycles. The van der Waals surface area contributed by atoms with E-state index in [4.69, 9.17) is 9.47 Å². The molecular formula is C24H39N3O3. The molecule has 1 atom stereocenters. The van der Waals surface area contributed by atoms with E-state index in [-0.39, 0.29) is 6.09 Å². The van der Waals surface area contributed by atoms with Gasteiger partial charge >= 0.3 is 6.09 Å². The van der Waals surface area contributed by atoms with Crippen molar-refractivity contribution in [2.45, 2.75) is 45.1 Å². The van der Waals surface area contributed by atoms with Crippen molar-refractivity contribution in [2.75, 3.05) is 60.0 Å². The van der Waals surface area contributed by atoms with Crippen LogP contribution in [0.3, 0.4) is 0 Å². The average molecular weight is 418 g/mol. The molecule has 0 aliphatic carbocycles. The second-order valence-electron chi connectivity index (χ2n) is 8.73. The maximum absolute atomic E-state index is 11.9. The van der Waals surface area contributed by atoms with Gasteiger partial charge < -0.3 is 24.2 Å². The lowest BCUT2D eigenvalue weighted by Gasteiger charge is -2.40. The van der Waals surface area contributed by atoms with E-state index in [0.717, 1.165) is 57.1 Å². The second-order valence-corrected chi connectivity index (χ2v) is 8.73. The van der Waals surface area contributed by atoms with E-state index in [1.807, 2.05) is 17.9 Å². The number of hydrogen-bond donors (Lipinski definition) is 0. The molecular weight excluding hydrogens is 378 g/mol. The Balaban J connectivity index is 1.42. The van der Waals surface area contributed by atoms with Crippen molar-refractivity contribution in [3.05, 3.63) is 29.8 Å². The zero-order chi connectivity index (χ0) is 21.3. The smallest absolute Gasteiger partial charge is 0.409 e. The van der Waals surface area contributed by atoms with Gasteiger partial charge in [-0.2, -0.15) is 0 Å². The second kappa shape index (κ2) is 11.6. The molecule has 0 bridgehead atoms. The van der Waals surface area contributed by atoms with Crippen LogP contribution in [0.25, 0.3) is 0 Å². The van der Waals surface area contributed by atoms with Crippen molar-refractivity contribution in [3.63, 3.8) is 0 Å². The number of benzene rings is 1. The van der Waals surface area contributed by atoms with Crippen LogP contribution in [0.5, 0.6) is 5.75 Å². The summed E-state index contributed by atoms with van der Waals surface area (Å²) >= 11 is 0. The molecule has 6 heteroatoms. The topological polar surface area (TPSA) is 45.2 Å². The van der Waals surface area contributed by atoms with E-state index in [9.17, 15) is 4.79 Å². The third kappa shape index (κ3) is 6.35. The summed E-state index contributed by atoms with van der Waals surface area (Å²) in [7, 11) is 4.02. The Kier molecular flexibility index (Phi) is 8.82. The summed E-state index contributed by atoms with van der Waals surface area (Å²) in [6.45, 7) is 8.56. The SMILES string of the molecule is CCOC(=O)N1CCC(N(C)C[C@@H]2CCCN(CCc3ccccc3OC)C2)CC1. The third-order valence-corrected chi connectivity index (χ3v) is 6.65. The number of likely N-dealkylation sites (tertiary alicyclic amines) is 2. The minimum absolute atomic E-state index is 0.156. The molecule has 2 fully saturated rings. The minimum Gasteiger partial charge on any atom is -0.496 e. The Morgan fingerprint density at radius 1 is 1.17 bits per heavy atom. The van der Waals surface area contributed by atoms with E-state index in [0.29, 0.717) is 12.6 Å². The highest BCUT2D eigenvalue weighted by Crippen LogP contribution is 2.23. The molecule has 2 aliphatic rings. The zero-order valence-electron chi connectivity index (χ0n) is 19.0. The quantitative estimate of drug-likeness (QED) is 0.648. The fourth-order valence-corrected chi connectivity index (χ4v) is 4.95. The Morgan fingerprint density at radius 2 is 1.93 bits per heavy atom. The van der Waals surface area contributed by atoms with Gasteiger partial charge in [0, 0.05) is 38.8 Å². The summed E-state index contributed by atoms with van der Waals surface area (Å²) in [6.07, 6.45) is 5.57. The lowest BCUT2D eigenvalue weighted by Crippen LogP contribution is -2.48. The summed E-state index contributed by atoms with van der Waals surface area (Å²) in [4.78, 5) is 18.9. The van der Waals surface area contributed by atoms with Crippen LogP contribution < -0.4 is 4.74 Å². The maximum Gasteiger partial charge on any atom is 0.409 e. The normalized spacial score (nSPS) is 21.1. The van der Waals surface area contributed by atoms with Gasteiger partial charge in [0.25, 0.3) is 0 Å². The third-order valence-electron chi connectivity index (χ3n) is 6.65. The first kappa shape index (κ1) is 22.9. The molecule has 0 saturated carbocycles. The minimum atomic E-state index is -0.156. The van der Waals surface area contributed by atoms with Gasteiger partial charge in [0.15, 0.2) is 0 Å². The van der Waals surface area contributed by atoms with E-state index < -0.39 is 0 Å². The molecule has 0 radical (unpaired) electrons. The molecule has 3 rings (SSSR count). The van der Waals surface area contributed by atoms with Gasteiger partial charge in [-0.15, -0.1) is 0 Å². The predicted octanol–water partition coefficient (Wildman–Crippen LogP) is 3.50.